The van der Waals surface area contributed by atoms with Gasteiger partial charge in [-0.2, -0.15) is 13.2 Å². The van der Waals surface area contributed by atoms with Gasteiger partial charge in [0.25, 0.3) is 10.0 Å². The molecule has 2 aromatic carbocycles. The molecule has 0 aliphatic carbocycles. The molecule has 10 heteroatoms. The predicted octanol–water partition coefficient (Wildman–Crippen LogP) is 3.75. The molecule has 0 heterocycles. The van der Waals surface area contributed by atoms with E-state index in [9.17, 15) is 26.4 Å². The van der Waals surface area contributed by atoms with E-state index in [4.69, 9.17) is 4.74 Å². The van der Waals surface area contributed by atoms with Crippen molar-refractivity contribution in [1.29, 1.82) is 0 Å². The molecule has 2 rings (SSSR count). The van der Waals surface area contributed by atoms with Crippen molar-refractivity contribution in [2.45, 2.75) is 31.3 Å². The smallest absolute Gasteiger partial charge is 0.382 e. The second kappa shape index (κ2) is 10.6. The Kier molecular flexibility index (Phi) is 8.46. The molecule has 0 fully saturated rings. The Balaban J connectivity index is 2.34. The highest BCUT2D eigenvalue weighted by Crippen LogP contribution is 2.33. The number of amides is 1. The van der Waals surface area contributed by atoms with Gasteiger partial charge in [0, 0.05) is 19.8 Å². The molecule has 0 radical (unpaired) electrons. The molecular formula is C21H25F3N2O4S. The maximum absolute atomic E-state index is 13.2. The Morgan fingerprint density at radius 1 is 1.13 bits per heavy atom. The molecule has 0 aromatic heterocycles. The summed E-state index contributed by atoms with van der Waals surface area (Å²) in [6, 6.07) is 9.74. The molecule has 0 saturated heterocycles. The highest BCUT2D eigenvalue weighted by molar-refractivity contribution is 7.92. The van der Waals surface area contributed by atoms with Crippen LogP contribution in [0.5, 0.6) is 0 Å². The molecule has 6 nitrogen and oxygen atoms in total. The number of carbonyl (C=O) groups excluding carboxylic acids is 1. The molecule has 1 amide bonds. The van der Waals surface area contributed by atoms with E-state index in [0.717, 1.165) is 17.7 Å². The fourth-order valence-corrected chi connectivity index (χ4v) is 4.14. The third-order valence-electron chi connectivity index (χ3n) is 4.35. The van der Waals surface area contributed by atoms with E-state index in [-0.39, 0.29) is 17.1 Å². The van der Waals surface area contributed by atoms with Crippen molar-refractivity contribution in [3.63, 3.8) is 0 Å². The third kappa shape index (κ3) is 6.96. The van der Waals surface area contributed by atoms with E-state index in [1.54, 1.807) is 19.1 Å². The Bertz CT molecular complexity index is 977. The van der Waals surface area contributed by atoms with Gasteiger partial charge in [-0.15, -0.1) is 0 Å². The number of aryl methyl sites for hydroxylation is 1. The lowest BCUT2D eigenvalue weighted by molar-refractivity contribution is -0.137. The Labute approximate surface area is 180 Å². The first-order chi connectivity index (χ1) is 14.6. The molecule has 170 valence electrons. The average molecular weight is 459 g/mol. The number of hydrogen-bond donors (Lipinski definition) is 1. The van der Waals surface area contributed by atoms with E-state index in [1.807, 2.05) is 6.92 Å². The van der Waals surface area contributed by atoms with Crippen molar-refractivity contribution in [1.82, 2.24) is 5.32 Å². The zero-order valence-corrected chi connectivity index (χ0v) is 18.1. The minimum atomic E-state index is -4.66. The number of benzene rings is 2. The van der Waals surface area contributed by atoms with Crippen LogP contribution < -0.4 is 9.62 Å². The molecule has 0 unspecified atom stereocenters. The van der Waals surface area contributed by atoms with Crippen LogP contribution >= 0.6 is 0 Å². The van der Waals surface area contributed by atoms with Gasteiger partial charge in [-0.25, -0.2) is 8.42 Å². The summed E-state index contributed by atoms with van der Waals surface area (Å²) in [7, 11) is -4.29. The SMILES string of the molecule is CCOCCCNC(=O)CN(c1cccc(C(F)(F)F)c1)S(=O)(=O)c1ccc(C)cc1. The number of nitrogens with one attached hydrogen (secondary N) is 1. The van der Waals surface area contributed by atoms with Gasteiger partial charge >= 0.3 is 6.18 Å². The second-order valence-electron chi connectivity index (χ2n) is 6.77. The van der Waals surface area contributed by atoms with Gasteiger partial charge in [0.05, 0.1) is 16.1 Å². The van der Waals surface area contributed by atoms with Gasteiger partial charge < -0.3 is 10.1 Å². The molecular weight excluding hydrogens is 433 g/mol. The largest absolute Gasteiger partial charge is 0.416 e. The van der Waals surface area contributed by atoms with Crippen LogP contribution in [0.4, 0.5) is 18.9 Å². The summed E-state index contributed by atoms with van der Waals surface area (Å²) in [6.07, 6.45) is -4.13. The summed E-state index contributed by atoms with van der Waals surface area (Å²) in [5, 5.41) is 2.57. The highest BCUT2D eigenvalue weighted by atomic mass is 32.2. The number of rotatable bonds is 10. The first kappa shape index (κ1) is 24.7. The summed E-state index contributed by atoms with van der Waals surface area (Å²) in [5.74, 6) is -0.635. The van der Waals surface area contributed by atoms with Gasteiger partial charge in [0.1, 0.15) is 6.54 Å². The molecule has 0 aliphatic rings. The van der Waals surface area contributed by atoms with Crippen LogP contribution in [0.25, 0.3) is 0 Å². The van der Waals surface area contributed by atoms with Crippen LogP contribution in [0, 0.1) is 6.92 Å². The summed E-state index contributed by atoms with van der Waals surface area (Å²) in [5.41, 5.74) is -0.442. The monoisotopic (exact) mass is 458 g/mol. The maximum Gasteiger partial charge on any atom is 0.416 e. The molecule has 0 atom stereocenters. The summed E-state index contributed by atoms with van der Waals surface area (Å²) in [6.45, 7) is 4.16. The topological polar surface area (TPSA) is 75.7 Å². The normalized spacial score (nSPS) is 11.9. The standard InChI is InChI=1S/C21H25F3N2O4S/c1-3-30-13-5-12-25-20(27)15-26(18-7-4-6-17(14-18)21(22,23)24)31(28,29)19-10-8-16(2)9-11-19/h4,6-11,14H,3,5,12-13,15H2,1-2H3,(H,25,27). The van der Waals surface area contributed by atoms with Crippen molar-refractivity contribution >= 4 is 21.6 Å². The Morgan fingerprint density at radius 3 is 2.42 bits per heavy atom. The third-order valence-corrected chi connectivity index (χ3v) is 6.14. The number of alkyl halides is 3. The number of ether oxygens (including phenoxy) is 1. The number of nitrogens with zero attached hydrogens (tertiary/aromatic N) is 1. The van der Waals surface area contributed by atoms with Crippen molar-refractivity contribution in [3.8, 4) is 0 Å². The quantitative estimate of drug-likeness (QED) is 0.551. The zero-order chi connectivity index (χ0) is 23.1. The number of hydrogen-bond acceptors (Lipinski definition) is 4. The minimum Gasteiger partial charge on any atom is -0.382 e. The van der Waals surface area contributed by atoms with Gasteiger partial charge in [-0.05, 0) is 50.6 Å². The molecule has 1 N–H and O–H groups in total. The lowest BCUT2D eigenvalue weighted by Gasteiger charge is -2.25. The maximum atomic E-state index is 13.2. The van der Waals surface area contributed by atoms with Crippen molar-refractivity contribution in [3.05, 3.63) is 59.7 Å². The molecule has 2 aromatic rings. The average Bonchev–Trinajstić information content (AvgIpc) is 2.71. The first-order valence-electron chi connectivity index (χ1n) is 9.67. The van der Waals surface area contributed by atoms with Crippen molar-refractivity contribution < 1.29 is 31.1 Å². The Hall–Kier alpha value is -2.59. The van der Waals surface area contributed by atoms with Crippen LogP contribution in [-0.4, -0.2) is 40.6 Å². The molecule has 0 saturated carbocycles. The molecule has 0 spiro atoms. The predicted molar refractivity (Wildman–Crippen MR) is 111 cm³/mol. The minimum absolute atomic E-state index is 0.125. The van der Waals surface area contributed by atoms with Crippen LogP contribution in [-0.2, 0) is 25.7 Å². The lowest BCUT2D eigenvalue weighted by Crippen LogP contribution is -2.41. The fourth-order valence-electron chi connectivity index (χ4n) is 2.72. The van der Waals surface area contributed by atoms with Crippen LogP contribution in [0.1, 0.15) is 24.5 Å². The van der Waals surface area contributed by atoms with Gasteiger partial charge in [0.15, 0.2) is 0 Å². The second-order valence-corrected chi connectivity index (χ2v) is 8.64. The number of carbonyl (C=O) groups is 1. The van der Waals surface area contributed by atoms with E-state index in [2.05, 4.69) is 5.32 Å². The fraction of sp³-hybridized carbons (Fsp3) is 0.381. The molecule has 31 heavy (non-hydrogen) atoms. The zero-order valence-electron chi connectivity index (χ0n) is 17.3. The van der Waals surface area contributed by atoms with Crippen LogP contribution in [0.2, 0.25) is 0 Å². The highest BCUT2D eigenvalue weighted by Gasteiger charge is 2.33. The molecule has 0 bridgehead atoms. The summed E-state index contributed by atoms with van der Waals surface area (Å²) < 4.78 is 71.8. The first-order valence-corrected chi connectivity index (χ1v) is 11.1. The van der Waals surface area contributed by atoms with Gasteiger partial charge in [-0.3, -0.25) is 9.10 Å². The Morgan fingerprint density at radius 2 is 1.81 bits per heavy atom. The number of sulfonamides is 1. The molecule has 0 aliphatic heterocycles. The van der Waals surface area contributed by atoms with Crippen molar-refractivity contribution in [2.75, 3.05) is 30.6 Å². The lowest BCUT2D eigenvalue weighted by atomic mass is 10.2. The summed E-state index contributed by atoms with van der Waals surface area (Å²) >= 11 is 0. The van der Waals surface area contributed by atoms with E-state index in [1.165, 1.54) is 18.2 Å². The number of anilines is 1. The van der Waals surface area contributed by atoms with Gasteiger partial charge in [-0.1, -0.05) is 23.8 Å². The van der Waals surface area contributed by atoms with E-state index >= 15 is 0 Å². The van der Waals surface area contributed by atoms with Gasteiger partial charge in [0.2, 0.25) is 5.91 Å². The van der Waals surface area contributed by atoms with Crippen LogP contribution in [0.3, 0.4) is 0 Å². The van der Waals surface area contributed by atoms with E-state index < -0.39 is 34.2 Å². The van der Waals surface area contributed by atoms with E-state index in [0.29, 0.717) is 30.0 Å². The number of halogens is 3. The van der Waals surface area contributed by atoms with Crippen LogP contribution in [0.15, 0.2) is 53.4 Å². The summed E-state index contributed by atoms with van der Waals surface area (Å²) in [4.78, 5) is 12.3. The van der Waals surface area contributed by atoms with Crippen molar-refractivity contribution in [2.24, 2.45) is 0 Å².